The highest BCUT2D eigenvalue weighted by atomic mass is 28.5. The fourth-order valence-electron chi connectivity index (χ4n) is 2.68. The van der Waals surface area contributed by atoms with E-state index in [-0.39, 0.29) is 0 Å². The van der Waals surface area contributed by atoms with Crippen molar-refractivity contribution in [2.24, 2.45) is 5.73 Å². The van der Waals surface area contributed by atoms with Crippen molar-refractivity contribution in [2.45, 2.75) is 71.8 Å². The lowest BCUT2D eigenvalue weighted by atomic mass is 10.5. The lowest BCUT2D eigenvalue weighted by Gasteiger charge is -2.41. The maximum absolute atomic E-state index is 6.57. The Morgan fingerprint density at radius 3 is 1.82 bits per heavy atom. The van der Waals surface area contributed by atoms with Crippen LogP contribution in [-0.2, 0) is 12.3 Å². The summed E-state index contributed by atoms with van der Waals surface area (Å²) in [4.78, 5) is 0. The Kier molecular flexibility index (Phi) is 8.49. The molecule has 130 valence electrons. The average molecular weight is 378 g/mol. The zero-order chi connectivity index (χ0) is 17.7. The van der Waals surface area contributed by atoms with E-state index in [2.05, 4.69) is 63.8 Å². The molecule has 0 aliphatic carbocycles. The van der Waals surface area contributed by atoms with Gasteiger partial charge in [-0.2, -0.15) is 0 Å². The SMILES string of the molecule is CC#C[Si](C)(C)O[Si](C)(C)O[Si](C)(CCCN)O[Si](C)(C)C. The van der Waals surface area contributed by atoms with Gasteiger partial charge in [0.25, 0.3) is 8.32 Å². The smallest absolute Gasteiger partial charge is 0.315 e. The van der Waals surface area contributed by atoms with Crippen LogP contribution in [0.2, 0.25) is 58.4 Å². The van der Waals surface area contributed by atoms with Gasteiger partial charge in [0.1, 0.15) is 0 Å². The number of nitrogens with two attached hydrogens (primary N) is 1. The minimum atomic E-state index is -2.28. The zero-order valence-corrected chi connectivity index (χ0v) is 19.9. The molecule has 0 rings (SSSR count). The lowest BCUT2D eigenvalue weighted by Crippen LogP contribution is -2.57. The molecular formula is C14H35NO3Si4. The van der Waals surface area contributed by atoms with Crippen LogP contribution in [0.3, 0.4) is 0 Å². The maximum Gasteiger partial charge on any atom is 0.315 e. The van der Waals surface area contributed by atoms with Crippen LogP contribution in [0.4, 0.5) is 0 Å². The van der Waals surface area contributed by atoms with Crippen molar-refractivity contribution in [1.29, 1.82) is 0 Å². The Bertz CT molecular complexity index is 413. The Morgan fingerprint density at radius 2 is 1.41 bits per heavy atom. The third-order valence-electron chi connectivity index (χ3n) is 2.75. The largest absolute Gasteiger partial charge is 0.437 e. The van der Waals surface area contributed by atoms with Crippen LogP contribution in [0.5, 0.6) is 0 Å². The normalized spacial score (nSPS) is 15.9. The van der Waals surface area contributed by atoms with E-state index >= 15 is 0 Å². The van der Waals surface area contributed by atoms with Gasteiger partial charge in [-0.15, -0.1) is 5.92 Å². The molecule has 0 aromatic rings. The third-order valence-corrected chi connectivity index (χ3v) is 16.7. The highest BCUT2D eigenvalue weighted by molar-refractivity contribution is 6.91. The molecule has 0 radical (unpaired) electrons. The highest BCUT2D eigenvalue weighted by Crippen LogP contribution is 2.27. The summed E-state index contributed by atoms with van der Waals surface area (Å²) in [5, 5.41) is 0. The molecule has 2 N–H and O–H groups in total. The lowest BCUT2D eigenvalue weighted by molar-refractivity contribution is 0.324. The summed E-state index contributed by atoms with van der Waals surface area (Å²) < 4.78 is 19.4. The molecule has 0 aliphatic heterocycles. The molecule has 0 bridgehead atoms. The molecule has 22 heavy (non-hydrogen) atoms. The molecule has 0 spiro atoms. The zero-order valence-electron chi connectivity index (χ0n) is 15.9. The Labute approximate surface area is 141 Å². The predicted molar refractivity (Wildman–Crippen MR) is 105 cm³/mol. The van der Waals surface area contributed by atoms with Gasteiger partial charge in [-0.25, -0.2) is 0 Å². The van der Waals surface area contributed by atoms with Gasteiger partial charge in [-0.05, 0) is 78.3 Å². The van der Waals surface area contributed by atoms with Gasteiger partial charge >= 0.3 is 17.1 Å². The van der Waals surface area contributed by atoms with Gasteiger partial charge in [-0.3, -0.25) is 0 Å². The van der Waals surface area contributed by atoms with Crippen LogP contribution >= 0.6 is 0 Å². The minimum absolute atomic E-state index is 0.672. The summed E-state index contributed by atoms with van der Waals surface area (Å²) in [6, 6.07) is 0.926. The monoisotopic (exact) mass is 377 g/mol. The third kappa shape index (κ3) is 10.1. The van der Waals surface area contributed by atoms with Crippen molar-refractivity contribution < 1.29 is 12.3 Å². The van der Waals surface area contributed by atoms with Crippen LogP contribution < -0.4 is 5.73 Å². The number of rotatable bonds is 9. The van der Waals surface area contributed by atoms with E-state index in [4.69, 9.17) is 18.1 Å². The second kappa shape index (κ2) is 8.39. The summed E-state index contributed by atoms with van der Waals surface area (Å²) in [5.74, 6) is 2.99. The molecule has 4 nitrogen and oxygen atoms in total. The fourth-order valence-corrected chi connectivity index (χ4v) is 20.5. The molecule has 0 aliphatic rings. The Hall–Kier alpha value is 0.268. The van der Waals surface area contributed by atoms with Crippen molar-refractivity contribution in [1.82, 2.24) is 0 Å². The number of hydrogen-bond donors (Lipinski definition) is 1. The van der Waals surface area contributed by atoms with Crippen LogP contribution in [0.15, 0.2) is 0 Å². The van der Waals surface area contributed by atoms with Gasteiger partial charge < -0.3 is 18.1 Å². The van der Waals surface area contributed by atoms with Crippen LogP contribution in [-0.4, -0.2) is 40.3 Å². The van der Waals surface area contributed by atoms with E-state index in [1.807, 2.05) is 6.92 Å². The van der Waals surface area contributed by atoms with Crippen molar-refractivity contribution in [3.8, 4) is 11.5 Å². The summed E-state index contributed by atoms with van der Waals surface area (Å²) in [6.45, 7) is 19.8. The molecule has 0 amide bonds. The first kappa shape index (κ1) is 22.3. The molecular weight excluding hydrogens is 343 g/mol. The predicted octanol–water partition coefficient (Wildman–Crippen LogP) is 3.76. The second-order valence-corrected chi connectivity index (χ2v) is 23.2. The van der Waals surface area contributed by atoms with Crippen LogP contribution in [0.25, 0.3) is 0 Å². The molecule has 0 saturated carbocycles. The first-order valence-corrected chi connectivity index (χ1v) is 19.6. The maximum atomic E-state index is 6.57. The topological polar surface area (TPSA) is 53.7 Å². The average Bonchev–Trinajstić information content (AvgIpc) is 2.20. The highest BCUT2D eigenvalue weighted by Gasteiger charge is 2.44. The summed E-state index contributed by atoms with van der Waals surface area (Å²) >= 11 is 0. The van der Waals surface area contributed by atoms with E-state index in [9.17, 15) is 0 Å². The van der Waals surface area contributed by atoms with E-state index in [0.717, 1.165) is 12.5 Å². The van der Waals surface area contributed by atoms with Crippen LogP contribution in [0, 0.1) is 11.5 Å². The molecule has 0 heterocycles. The summed E-state index contributed by atoms with van der Waals surface area (Å²) in [7, 11) is -8.22. The fraction of sp³-hybridized carbons (Fsp3) is 0.857. The van der Waals surface area contributed by atoms with Gasteiger partial charge in [-0.1, -0.05) is 5.54 Å². The van der Waals surface area contributed by atoms with Gasteiger partial charge in [0.05, 0.1) is 0 Å². The van der Waals surface area contributed by atoms with Gasteiger partial charge in [0.2, 0.25) is 0 Å². The minimum Gasteiger partial charge on any atom is -0.437 e. The van der Waals surface area contributed by atoms with Crippen molar-refractivity contribution >= 4 is 33.8 Å². The molecule has 0 saturated heterocycles. The van der Waals surface area contributed by atoms with E-state index in [1.165, 1.54) is 0 Å². The van der Waals surface area contributed by atoms with Crippen molar-refractivity contribution in [3.05, 3.63) is 0 Å². The second-order valence-electron chi connectivity index (χ2n) is 7.73. The molecule has 0 fully saturated rings. The first-order chi connectivity index (χ1) is 9.74. The van der Waals surface area contributed by atoms with E-state index in [0.29, 0.717) is 6.54 Å². The molecule has 0 aromatic heterocycles. The van der Waals surface area contributed by atoms with E-state index in [1.54, 1.807) is 0 Å². The van der Waals surface area contributed by atoms with Crippen molar-refractivity contribution in [3.63, 3.8) is 0 Å². The first-order valence-electron chi connectivity index (χ1n) is 7.99. The summed E-state index contributed by atoms with van der Waals surface area (Å²) in [6.07, 6.45) is 0.938. The molecule has 1 atom stereocenters. The quantitative estimate of drug-likeness (QED) is 0.491. The standard InChI is InChI=1S/C14H35NO3Si4/c1-10-13-20(5,6)17-21(7,8)18-22(9,14-11-12-15)16-19(2,3)4/h11-12,14-15H2,1-9H3. The Balaban J connectivity index is 5.13. The summed E-state index contributed by atoms with van der Waals surface area (Å²) in [5.41, 5.74) is 8.94. The van der Waals surface area contributed by atoms with Crippen molar-refractivity contribution in [2.75, 3.05) is 6.54 Å². The molecule has 1 unspecified atom stereocenters. The molecule has 0 aromatic carbocycles. The number of hydrogen-bond acceptors (Lipinski definition) is 4. The molecule has 8 heteroatoms. The van der Waals surface area contributed by atoms with E-state index < -0.39 is 33.8 Å². The van der Waals surface area contributed by atoms with Gasteiger partial charge in [0.15, 0.2) is 8.32 Å². The van der Waals surface area contributed by atoms with Crippen LogP contribution in [0.1, 0.15) is 13.3 Å². The van der Waals surface area contributed by atoms with Gasteiger partial charge in [0, 0.05) is 0 Å². The Morgan fingerprint density at radius 1 is 0.864 bits per heavy atom.